The van der Waals surface area contributed by atoms with Crippen LogP contribution in [0.15, 0.2) is 29.8 Å². The van der Waals surface area contributed by atoms with Crippen LogP contribution in [-0.2, 0) is 21.4 Å². The molecule has 0 aliphatic carbocycles. The molecule has 1 aliphatic heterocycles. The van der Waals surface area contributed by atoms with E-state index in [1.807, 2.05) is 4.57 Å². The van der Waals surface area contributed by atoms with Gasteiger partial charge in [-0.25, -0.2) is 12.7 Å². The molecule has 1 aromatic heterocycles. The smallest absolute Gasteiger partial charge is 0.251 e. The molecule has 1 fully saturated rings. The third-order valence-corrected chi connectivity index (χ3v) is 7.43. The summed E-state index contributed by atoms with van der Waals surface area (Å²) in [5.74, 6) is -0.394. The van der Waals surface area contributed by atoms with Crippen LogP contribution in [0.25, 0.3) is 10.2 Å². The zero-order valence-corrected chi connectivity index (χ0v) is 17.6. The SMILES string of the molecule is C=CCn1c(=NC(=O)C2CCN(S(C)(=O)=O)CC2)sc2cc(C)c(C)cc21. The molecule has 1 aromatic carbocycles. The first-order valence-corrected chi connectivity index (χ1v) is 11.6. The van der Waals surface area contributed by atoms with Gasteiger partial charge in [0, 0.05) is 25.6 Å². The molecule has 0 N–H and O–H groups in total. The number of piperidine rings is 1. The van der Waals surface area contributed by atoms with Gasteiger partial charge in [-0.2, -0.15) is 4.99 Å². The maximum Gasteiger partial charge on any atom is 0.251 e. The largest absolute Gasteiger partial charge is 0.312 e. The fourth-order valence-electron chi connectivity index (χ4n) is 3.33. The summed E-state index contributed by atoms with van der Waals surface area (Å²) < 4.78 is 27.8. The predicted molar refractivity (Wildman–Crippen MR) is 109 cm³/mol. The Morgan fingerprint density at radius 3 is 2.52 bits per heavy atom. The van der Waals surface area contributed by atoms with E-state index in [0.717, 1.165) is 10.2 Å². The number of hydrogen-bond acceptors (Lipinski definition) is 4. The molecule has 2 aromatic rings. The minimum Gasteiger partial charge on any atom is -0.312 e. The molecule has 0 atom stereocenters. The molecule has 3 rings (SSSR count). The second kappa shape index (κ2) is 7.69. The number of sulfonamides is 1. The highest BCUT2D eigenvalue weighted by Crippen LogP contribution is 2.23. The van der Waals surface area contributed by atoms with Crippen LogP contribution in [0.5, 0.6) is 0 Å². The van der Waals surface area contributed by atoms with Crippen molar-refractivity contribution in [3.05, 3.63) is 40.7 Å². The van der Waals surface area contributed by atoms with Crippen molar-refractivity contribution in [1.29, 1.82) is 0 Å². The van der Waals surface area contributed by atoms with Gasteiger partial charge in [0.05, 0.1) is 16.5 Å². The highest BCUT2D eigenvalue weighted by atomic mass is 32.2. The molecule has 27 heavy (non-hydrogen) atoms. The molecular formula is C19H25N3O3S2. The molecular weight excluding hydrogens is 382 g/mol. The van der Waals surface area contributed by atoms with Crippen LogP contribution in [0, 0.1) is 19.8 Å². The molecule has 8 heteroatoms. The Labute approximate surface area is 163 Å². The number of carbonyl (C=O) groups excluding carboxylic acids is 1. The van der Waals surface area contributed by atoms with E-state index >= 15 is 0 Å². The molecule has 0 unspecified atom stereocenters. The first kappa shape index (κ1) is 20.0. The average molecular weight is 408 g/mol. The van der Waals surface area contributed by atoms with Crippen LogP contribution < -0.4 is 4.80 Å². The summed E-state index contributed by atoms with van der Waals surface area (Å²) in [6.45, 7) is 9.30. The maximum absolute atomic E-state index is 12.7. The van der Waals surface area contributed by atoms with Crippen LogP contribution in [-0.4, -0.2) is 42.5 Å². The van der Waals surface area contributed by atoms with Gasteiger partial charge in [0.15, 0.2) is 4.80 Å². The van der Waals surface area contributed by atoms with Crippen molar-refractivity contribution >= 4 is 37.5 Å². The standard InChI is InChI=1S/C19H25N3O3S2/c1-5-8-22-16-11-13(2)14(3)12-17(16)26-19(22)20-18(23)15-6-9-21(10-7-15)27(4,24)25/h5,11-12,15H,1,6-10H2,2-4H3. The highest BCUT2D eigenvalue weighted by molar-refractivity contribution is 7.88. The number of allylic oxidation sites excluding steroid dienone is 1. The van der Waals surface area contributed by atoms with Gasteiger partial charge in [-0.1, -0.05) is 17.4 Å². The Bertz CT molecular complexity index is 1060. The third-order valence-electron chi connectivity index (χ3n) is 5.09. The van der Waals surface area contributed by atoms with Crippen LogP contribution in [0.1, 0.15) is 24.0 Å². The van der Waals surface area contributed by atoms with Gasteiger partial charge < -0.3 is 4.57 Å². The first-order chi connectivity index (χ1) is 12.7. The Balaban J connectivity index is 1.92. The summed E-state index contributed by atoms with van der Waals surface area (Å²) in [4.78, 5) is 17.8. The van der Waals surface area contributed by atoms with E-state index in [1.54, 1.807) is 6.08 Å². The lowest BCUT2D eigenvalue weighted by atomic mass is 9.98. The van der Waals surface area contributed by atoms with Gasteiger partial charge in [0.1, 0.15) is 0 Å². The van der Waals surface area contributed by atoms with E-state index in [4.69, 9.17) is 0 Å². The number of thiazole rings is 1. The van der Waals surface area contributed by atoms with Crippen LogP contribution in [0.4, 0.5) is 0 Å². The van der Waals surface area contributed by atoms with E-state index in [0.29, 0.717) is 37.3 Å². The molecule has 1 amide bonds. The topological polar surface area (TPSA) is 71.7 Å². The normalized spacial score (nSPS) is 17.5. The van der Waals surface area contributed by atoms with Crippen molar-refractivity contribution in [2.45, 2.75) is 33.2 Å². The monoisotopic (exact) mass is 407 g/mol. The maximum atomic E-state index is 12.7. The predicted octanol–water partition coefficient (Wildman–Crippen LogP) is 2.60. The minimum absolute atomic E-state index is 0.166. The van der Waals surface area contributed by atoms with Crippen molar-refractivity contribution in [3.63, 3.8) is 0 Å². The summed E-state index contributed by atoms with van der Waals surface area (Å²) in [5, 5.41) is 0. The van der Waals surface area contributed by atoms with E-state index in [2.05, 4.69) is 37.6 Å². The zero-order valence-electron chi connectivity index (χ0n) is 15.9. The van der Waals surface area contributed by atoms with Crippen LogP contribution in [0.2, 0.25) is 0 Å². The molecule has 0 saturated carbocycles. The number of aromatic nitrogens is 1. The molecule has 1 aliphatic rings. The van der Waals surface area contributed by atoms with Crippen molar-refractivity contribution < 1.29 is 13.2 Å². The molecule has 0 radical (unpaired) electrons. The molecule has 6 nitrogen and oxygen atoms in total. The van der Waals surface area contributed by atoms with Gasteiger partial charge in [0.2, 0.25) is 10.0 Å². The third kappa shape index (κ3) is 4.23. The van der Waals surface area contributed by atoms with Crippen LogP contribution in [0.3, 0.4) is 0 Å². The second-order valence-electron chi connectivity index (χ2n) is 7.07. The fourth-order valence-corrected chi connectivity index (χ4v) is 5.33. The van der Waals surface area contributed by atoms with Crippen molar-refractivity contribution in [2.24, 2.45) is 10.9 Å². The number of benzene rings is 1. The van der Waals surface area contributed by atoms with E-state index in [-0.39, 0.29) is 11.8 Å². The number of aryl methyl sites for hydroxylation is 2. The number of amides is 1. The van der Waals surface area contributed by atoms with Crippen molar-refractivity contribution in [1.82, 2.24) is 8.87 Å². The van der Waals surface area contributed by atoms with Crippen molar-refractivity contribution in [3.8, 4) is 0 Å². The number of rotatable bonds is 4. The molecule has 2 heterocycles. The lowest BCUT2D eigenvalue weighted by Gasteiger charge is -2.28. The van der Waals surface area contributed by atoms with Gasteiger partial charge in [-0.3, -0.25) is 4.79 Å². The average Bonchev–Trinajstić information content (AvgIpc) is 2.91. The Morgan fingerprint density at radius 2 is 1.93 bits per heavy atom. The molecule has 0 spiro atoms. The second-order valence-corrected chi connectivity index (χ2v) is 10.1. The molecule has 1 saturated heterocycles. The van der Waals surface area contributed by atoms with E-state index in [9.17, 15) is 13.2 Å². The fraction of sp³-hybridized carbons (Fsp3) is 0.474. The summed E-state index contributed by atoms with van der Waals surface area (Å²) in [5.41, 5.74) is 3.46. The van der Waals surface area contributed by atoms with Gasteiger partial charge in [-0.15, -0.1) is 6.58 Å². The number of carbonyl (C=O) groups is 1. The Hall–Kier alpha value is -1.77. The number of nitrogens with zero attached hydrogens (tertiary/aromatic N) is 3. The molecule has 0 bridgehead atoms. The van der Waals surface area contributed by atoms with Gasteiger partial charge in [-0.05, 0) is 49.9 Å². The first-order valence-electron chi connectivity index (χ1n) is 8.96. The molecule has 146 valence electrons. The Kier molecular flexibility index (Phi) is 5.69. The number of fused-ring (bicyclic) bond motifs is 1. The summed E-state index contributed by atoms with van der Waals surface area (Å²) >= 11 is 1.51. The highest BCUT2D eigenvalue weighted by Gasteiger charge is 2.28. The van der Waals surface area contributed by atoms with E-state index in [1.165, 1.54) is 33.0 Å². The van der Waals surface area contributed by atoms with E-state index < -0.39 is 10.0 Å². The number of hydrogen-bond donors (Lipinski definition) is 0. The minimum atomic E-state index is -3.20. The lowest BCUT2D eigenvalue weighted by molar-refractivity contribution is -0.122. The Morgan fingerprint density at radius 1 is 1.30 bits per heavy atom. The van der Waals surface area contributed by atoms with Gasteiger partial charge in [0.25, 0.3) is 5.91 Å². The van der Waals surface area contributed by atoms with Gasteiger partial charge >= 0.3 is 0 Å². The quantitative estimate of drug-likeness (QED) is 0.732. The lowest BCUT2D eigenvalue weighted by Crippen LogP contribution is -2.39. The zero-order chi connectivity index (χ0) is 19.8. The summed E-state index contributed by atoms with van der Waals surface area (Å²) in [7, 11) is -3.20. The summed E-state index contributed by atoms with van der Waals surface area (Å²) in [6.07, 6.45) is 4.04. The van der Waals surface area contributed by atoms with Crippen molar-refractivity contribution in [2.75, 3.05) is 19.3 Å². The van der Waals surface area contributed by atoms with Crippen LogP contribution >= 0.6 is 11.3 Å². The summed E-state index contributed by atoms with van der Waals surface area (Å²) in [6, 6.07) is 4.25.